The number of nitrogen functional groups attached to an aromatic ring is 2. The number of anilines is 3. The second-order valence-electron chi connectivity index (χ2n) is 7.65. The average molecular weight is 455 g/mol. The summed E-state index contributed by atoms with van der Waals surface area (Å²) in [6, 6.07) is 6.64. The number of nitrogens with one attached hydrogen (secondary N) is 1. The van der Waals surface area contributed by atoms with E-state index in [0.29, 0.717) is 34.8 Å². The van der Waals surface area contributed by atoms with Crippen molar-refractivity contribution >= 4 is 40.1 Å². The van der Waals surface area contributed by atoms with Crippen molar-refractivity contribution in [3.63, 3.8) is 0 Å². The number of hydrogen-bond acceptors (Lipinski definition) is 10. The second kappa shape index (κ2) is 8.49. The van der Waals surface area contributed by atoms with Gasteiger partial charge >= 0.3 is 0 Å². The molecule has 1 saturated heterocycles. The molecule has 1 aliphatic rings. The minimum absolute atomic E-state index is 0.0237. The number of nitriles is 1. The molecule has 3 aromatic rings. The Labute approximate surface area is 189 Å². The molecule has 32 heavy (non-hydrogen) atoms. The van der Waals surface area contributed by atoms with Crippen LogP contribution in [0.15, 0.2) is 23.0 Å². The van der Waals surface area contributed by atoms with Gasteiger partial charge in [0.2, 0.25) is 5.95 Å². The molecule has 12 heteroatoms. The van der Waals surface area contributed by atoms with Gasteiger partial charge in [0.25, 0.3) is 5.56 Å². The van der Waals surface area contributed by atoms with E-state index < -0.39 is 6.04 Å². The van der Waals surface area contributed by atoms with Gasteiger partial charge in [0.05, 0.1) is 22.0 Å². The van der Waals surface area contributed by atoms with Crippen molar-refractivity contribution in [1.82, 2.24) is 24.5 Å². The van der Waals surface area contributed by atoms with Crippen LogP contribution >= 0.6 is 11.6 Å². The monoisotopic (exact) mass is 454 g/mol. The van der Waals surface area contributed by atoms with Crippen LogP contribution in [0.25, 0.3) is 10.9 Å². The fraction of sp³-hybridized carbons (Fsp3) is 0.350. The van der Waals surface area contributed by atoms with Gasteiger partial charge in [0.15, 0.2) is 11.6 Å². The topological polar surface area (TPSA) is 155 Å². The number of nitrogens with two attached hydrogens (primary N) is 2. The molecule has 0 unspecified atom stereocenters. The van der Waals surface area contributed by atoms with E-state index in [-0.39, 0.29) is 28.7 Å². The van der Waals surface area contributed by atoms with Crippen molar-refractivity contribution in [1.29, 1.82) is 5.26 Å². The van der Waals surface area contributed by atoms with Crippen molar-refractivity contribution in [2.45, 2.75) is 13.0 Å². The van der Waals surface area contributed by atoms with Crippen molar-refractivity contribution in [3.05, 3.63) is 45.0 Å². The molecule has 4 rings (SSSR count). The fourth-order valence-corrected chi connectivity index (χ4v) is 3.98. The zero-order chi connectivity index (χ0) is 23.0. The van der Waals surface area contributed by atoms with Crippen LogP contribution < -0.4 is 27.4 Å². The molecule has 11 nitrogen and oxygen atoms in total. The third-order valence-electron chi connectivity index (χ3n) is 5.42. The smallest absolute Gasteiger partial charge is 0.281 e. The Balaban J connectivity index is 1.85. The lowest BCUT2D eigenvalue weighted by Gasteiger charge is -2.36. The highest BCUT2D eigenvalue weighted by Gasteiger charge is 2.25. The molecule has 5 N–H and O–H groups in total. The molecule has 166 valence electrons. The van der Waals surface area contributed by atoms with Crippen LogP contribution in [-0.4, -0.2) is 57.8 Å². The first-order valence-electron chi connectivity index (χ1n) is 10.0. The molecule has 1 aromatic carbocycles. The Morgan fingerprint density at radius 1 is 1.19 bits per heavy atom. The predicted molar refractivity (Wildman–Crippen MR) is 124 cm³/mol. The van der Waals surface area contributed by atoms with Crippen molar-refractivity contribution in [3.8, 4) is 6.07 Å². The van der Waals surface area contributed by atoms with Gasteiger partial charge in [-0.3, -0.25) is 4.79 Å². The molecular weight excluding hydrogens is 432 g/mol. The number of likely N-dealkylation sites (N-methyl/N-ethyl adjacent to an activating group) is 1. The largest absolute Gasteiger partial charge is 0.382 e. The van der Waals surface area contributed by atoms with Gasteiger partial charge in [-0.05, 0) is 26.1 Å². The molecule has 0 radical (unpaired) electrons. The summed E-state index contributed by atoms with van der Waals surface area (Å²) in [7, 11) is 2.04. The maximum absolute atomic E-state index is 13.6. The molecule has 0 bridgehead atoms. The van der Waals surface area contributed by atoms with E-state index in [0.717, 1.165) is 13.1 Å². The van der Waals surface area contributed by atoms with E-state index in [1.54, 1.807) is 22.9 Å². The molecule has 2 aromatic heterocycles. The first-order valence-corrected chi connectivity index (χ1v) is 10.4. The Kier molecular flexibility index (Phi) is 5.73. The summed E-state index contributed by atoms with van der Waals surface area (Å²) < 4.78 is 1.57. The van der Waals surface area contributed by atoms with Crippen LogP contribution in [0.4, 0.5) is 17.6 Å². The van der Waals surface area contributed by atoms with Gasteiger partial charge in [-0.1, -0.05) is 17.7 Å². The number of nitrogens with zero attached hydrogens (tertiary/aromatic N) is 7. The lowest BCUT2D eigenvalue weighted by Crippen LogP contribution is -2.54. The van der Waals surface area contributed by atoms with Crippen molar-refractivity contribution < 1.29 is 0 Å². The summed E-state index contributed by atoms with van der Waals surface area (Å²) in [6.45, 7) is 4.70. The number of hydrogen-bond donors (Lipinski definition) is 3. The Morgan fingerprint density at radius 3 is 2.59 bits per heavy atom. The number of benzene rings is 1. The SMILES string of the molecule is C[C@H](Nc1nc(N)nc(N)c1C#N)c1nc2cccc(Cl)c2c(=O)n1N1CCN(C)CC1. The van der Waals surface area contributed by atoms with Crippen LogP contribution in [0.3, 0.4) is 0 Å². The highest BCUT2D eigenvalue weighted by atomic mass is 35.5. The molecule has 0 saturated carbocycles. The Morgan fingerprint density at radius 2 is 1.91 bits per heavy atom. The van der Waals surface area contributed by atoms with Crippen LogP contribution in [0.5, 0.6) is 0 Å². The number of halogens is 1. The van der Waals surface area contributed by atoms with E-state index in [1.807, 2.05) is 25.0 Å². The zero-order valence-corrected chi connectivity index (χ0v) is 18.5. The first kappa shape index (κ1) is 21.6. The van der Waals surface area contributed by atoms with E-state index in [4.69, 9.17) is 28.1 Å². The summed E-state index contributed by atoms with van der Waals surface area (Å²) in [5, 5.41) is 15.3. The van der Waals surface area contributed by atoms with Gasteiger partial charge in [0.1, 0.15) is 17.5 Å². The van der Waals surface area contributed by atoms with Gasteiger partial charge in [-0.2, -0.15) is 15.2 Å². The number of piperazine rings is 1. The standard InChI is InChI=1S/C20H23ClN10O/c1-11(25-17-12(10-22)16(23)27-20(24)28-17)18-26-14-5-3-4-13(21)15(14)19(32)31(18)30-8-6-29(2)7-9-30/h3-5,11H,6-9H2,1-2H3,(H5,23,24,25,27,28)/t11-/m0/s1. The Bertz CT molecular complexity index is 1280. The third kappa shape index (κ3) is 3.86. The molecule has 3 heterocycles. The summed E-state index contributed by atoms with van der Waals surface area (Å²) in [5.41, 5.74) is 11.9. The van der Waals surface area contributed by atoms with Crippen LogP contribution in [0.1, 0.15) is 24.4 Å². The van der Waals surface area contributed by atoms with Gasteiger partial charge in [-0.15, -0.1) is 0 Å². The van der Waals surface area contributed by atoms with E-state index in [9.17, 15) is 10.1 Å². The normalized spacial score (nSPS) is 15.5. The fourth-order valence-electron chi connectivity index (χ4n) is 3.73. The van der Waals surface area contributed by atoms with Crippen molar-refractivity contribution in [2.75, 3.05) is 55.0 Å². The highest BCUT2D eigenvalue weighted by molar-refractivity contribution is 6.35. The zero-order valence-electron chi connectivity index (χ0n) is 17.7. The summed E-state index contributed by atoms with van der Waals surface area (Å²) >= 11 is 6.36. The van der Waals surface area contributed by atoms with E-state index in [1.165, 1.54) is 0 Å². The molecule has 1 aliphatic heterocycles. The molecule has 0 spiro atoms. The summed E-state index contributed by atoms with van der Waals surface area (Å²) in [5.74, 6) is 0.541. The molecule has 1 atom stereocenters. The predicted octanol–water partition coefficient (Wildman–Crippen LogP) is 0.932. The minimum Gasteiger partial charge on any atom is -0.382 e. The highest BCUT2D eigenvalue weighted by Crippen LogP contribution is 2.25. The average Bonchev–Trinajstić information content (AvgIpc) is 2.74. The first-order chi connectivity index (χ1) is 15.3. The van der Waals surface area contributed by atoms with Crippen LogP contribution in [0, 0.1) is 11.3 Å². The quantitative estimate of drug-likeness (QED) is 0.518. The van der Waals surface area contributed by atoms with Crippen LogP contribution in [0.2, 0.25) is 5.02 Å². The van der Waals surface area contributed by atoms with Gasteiger partial charge < -0.3 is 26.7 Å². The molecule has 0 amide bonds. The number of rotatable bonds is 4. The number of fused-ring (bicyclic) bond motifs is 1. The van der Waals surface area contributed by atoms with Crippen LogP contribution in [-0.2, 0) is 0 Å². The number of aromatic nitrogens is 4. The molecule has 1 fully saturated rings. The minimum atomic E-state index is -0.522. The summed E-state index contributed by atoms with van der Waals surface area (Å²) in [6.07, 6.45) is 0. The second-order valence-corrected chi connectivity index (χ2v) is 8.05. The van der Waals surface area contributed by atoms with E-state index in [2.05, 4.69) is 20.2 Å². The van der Waals surface area contributed by atoms with Gasteiger partial charge in [-0.25, -0.2) is 9.66 Å². The molecule has 0 aliphatic carbocycles. The summed E-state index contributed by atoms with van der Waals surface area (Å²) in [4.78, 5) is 28.5. The Hall–Kier alpha value is -3.62. The lowest BCUT2D eigenvalue weighted by atomic mass is 10.2. The van der Waals surface area contributed by atoms with E-state index >= 15 is 0 Å². The molecular formula is C20H23ClN10O. The van der Waals surface area contributed by atoms with Crippen molar-refractivity contribution in [2.24, 2.45) is 0 Å². The lowest BCUT2D eigenvalue weighted by molar-refractivity contribution is 0.282. The van der Waals surface area contributed by atoms with Gasteiger partial charge in [0, 0.05) is 26.2 Å². The maximum atomic E-state index is 13.6. The third-order valence-corrected chi connectivity index (χ3v) is 5.73. The maximum Gasteiger partial charge on any atom is 0.281 e.